The second-order valence-corrected chi connectivity index (χ2v) is 8.65. The van der Waals surface area contributed by atoms with Crippen LogP contribution in [-0.2, 0) is 19.1 Å². The van der Waals surface area contributed by atoms with E-state index in [0.29, 0.717) is 26.2 Å². The summed E-state index contributed by atoms with van der Waals surface area (Å²) in [5.41, 5.74) is 0. The van der Waals surface area contributed by atoms with E-state index in [0.717, 1.165) is 51.7 Å². The highest BCUT2D eigenvalue weighted by Gasteiger charge is 2.29. The molecule has 2 saturated heterocycles. The van der Waals surface area contributed by atoms with Gasteiger partial charge in [-0.2, -0.15) is 0 Å². The van der Waals surface area contributed by atoms with Crippen molar-refractivity contribution >= 4 is 11.8 Å². The first kappa shape index (κ1) is 26.0. The minimum atomic E-state index is -1.14. The number of amides is 2. The first-order chi connectivity index (χ1) is 14.9. The Hall–Kier alpha value is -1.26. The van der Waals surface area contributed by atoms with Crippen molar-refractivity contribution in [2.24, 2.45) is 0 Å². The van der Waals surface area contributed by atoms with Crippen molar-refractivity contribution in [1.29, 1.82) is 0 Å². The molecule has 0 saturated carbocycles. The Labute approximate surface area is 186 Å². The Morgan fingerprint density at radius 3 is 2.26 bits per heavy atom. The molecule has 2 fully saturated rings. The number of nitrogens with zero attached hydrogens (tertiary/aromatic N) is 3. The number of piperidine rings is 1. The molecular weight excluding hydrogens is 402 g/mol. The summed E-state index contributed by atoms with van der Waals surface area (Å²) < 4.78 is 10.9. The van der Waals surface area contributed by atoms with Gasteiger partial charge in [0.15, 0.2) is 0 Å². The predicted octanol–water partition coefficient (Wildman–Crippen LogP) is 0.0867. The largest absolute Gasteiger partial charge is 0.388 e. The van der Waals surface area contributed by atoms with Crippen LogP contribution in [0.4, 0.5) is 0 Å². The van der Waals surface area contributed by atoms with Crippen molar-refractivity contribution in [1.82, 2.24) is 14.7 Å². The molecule has 31 heavy (non-hydrogen) atoms. The lowest BCUT2D eigenvalue weighted by Gasteiger charge is -2.32. The monoisotopic (exact) mass is 443 g/mol. The van der Waals surface area contributed by atoms with Crippen LogP contribution >= 0.6 is 0 Å². The van der Waals surface area contributed by atoms with E-state index in [2.05, 4.69) is 4.90 Å². The molecule has 0 unspecified atom stereocenters. The summed E-state index contributed by atoms with van der Waals surface area (Å²) in [5.74, 6) is 0.0724. The number of carbonyl (C=O) groups is 2. The lowest BCUT2D eigenvalue weighted by Crippen LogP contribution is -2.48. The second kappa shape index (κ2) is 14.0. The zero-order chi connectivity index (χ0) is 22.6. The number of hydrogen-bond donors (Lipinski definition) is 2. The van der Waals surface area contributed by atoms with Gasteiger partial charge in [-0.3, -0.25) is 14.5 Å². The number of likely N-dealkylation sites (tertiary alicyclic amines) is 1. The molecule has 9 heteroatoms. The van der Waals surface area contributed by atoms with Gasteiger partial charge in [0.25, 0.3) is 0 Å². The molecule has 3 atom stereocenters. The SMILES string of the molecule is CO[C@H]1CN(C(C)=O)CCCN(CC(=O)N2CCCCC2)CCCCOC[C@H](O)[C@@H]1O. The van der Waals surface area contributed by atoms with Crippen LogP contribution in [0.1, 0.15) is 45.4 Å². The average molecular weight is 444 g/mol. The Morgan fingerprint density at radius 2 is 1.58 bits per heavy atom. The van der Waals surface area contributed by atoms with Crippen LogP contribution in [0.3, 0.4) is 0 Å². The van der Waals surface area contributed by atoms with Gasteiger partial charge in [-0.15, -0.1) is 0 Å². The molecule has 2 rings (SSSR count). The maximum absolute atomic E-state index is 12.7. The summed E-state index contributed by atoms with van der Waals surface area (Å²) >= 11 is 0. The smallest absolute Gasteiger partial charge is 0.236 e. The molecule has 2 aliphatic rings. The zero-order valence-electron chi connectivity index (χ0n) is 19.2. The summed E-state index contributed by atoms with van der Waals surface area (Å²) in [4.78, 5) is 30.6. The molecule has 180 valence electrons. The fourth-order valence-corrected chi connectivity index (χ4v) is 4.20. The normalized spacial score (nSPS) is 28.6. The molecule has 0 aromatic rings. The van der Waals surface area contributed by atoms with Crippen molar-refractivity contribution in [3.63, 3.8) is 0 Å². The molecule has 2 heterocycles. The van der Waals surface area contributed by atoms with E-state index < -0.39 is 18.3 Å². The van der Waals surface area contributed by atoms with Crippen molar-refractivity contribution in [2.45, 2.75) is 63.8 Å². The molecule has 2 amide bonds. The summed E-state index contributed by atoms with van der Waals surface area (Å²) in [7, 11) is 1.46. The van der Waals surface area contributed by atoms with E-state index in [9.17, 15) is 19.8 Å². The number of rotatable bonds is 3. The van der Waals surface area contributed by atoms with Gasteiger partial charge >= 0.3 is 0 Å². The second-order valence-electron chi connectivity index (χ2n) is 8.65. The Morgan fingerprint density at radius 1 is 0.935 bits per heavy atom. The average Bonchev–Trinajstić information content (AvgIpc) is 2.77. The summed E-state index contributed by atoms with van der Waals surface area (Å²) in [6, 6.07) is 0. The van der Waals surface area contributed by atoms with E-state index in [1.54, 1.807) is 4.90 Å². The highest BCUT2D eigenvalue weighted by atomic mass is 16.5. The minimum Gasteiger partial charge on any atom is -0.388 e. The Kier molecular flexibility index (Phi) is 11.7. The van der Waals surface area contributed by atoms with Crippen LogP contribution in [-0.4, -0.2) is 121 Å². The molecule has 2 N–H and O–H groups in total. The fraction of sp³-hybridized carbons (Fsp3) is 0.909. The van der Waals surface area contributed by atoms with Gasteiger partial charge < -0.3 is 29.5 Å². The third-order valence-electron chi connectivity index (χ3n) is 6.20. The summed E-state index contributed by atoms with van der Waals surface area (Å²) in [6.45, 7) is 6.28. The van der Waals surface area contributed by atoms with E-state index in [1.165, 1.54) is 20.5 Å². The van der Waals surface area contributed by atoms with Gasteiger partial charge in [0.1, 0.15) is 18.3 Å². The quantitative estimate of drug-likeness (QED) is 0.637. The molecule has 0 aromatic heterocycles. The van der Waals surface area contributed by atoms with Gasteiger partial charge in [0.05, 0.1) is 13.2 Å². The number of methoxy groups -OCH3 is 1. The molecule has 0 bridgehead atoms. The van der Waals surface area contributed by atoms with E-state index >= 15 is 0 Å². The standard InChI is InChI=1S/C22H41N3O6/c1-18(26)25-13-8-10-23(16-21(28)24-11-4-3-5-12-24)9-6-7-14-31-17-19(27)22(29)20(15-25)30-2/h19-20,22,27,29H,3-17H2,1-2H3/t19-,20-,22-/m0/s1. The maximum Gasteiger partial charge on any atom is 0.236 e. The van der Waals surface area contributed by atoms with Gasteiger partial charge in [-0.1, -0.05) is 0 Å². The lowest BCUT2D eigenvalue weighted by atomic mass is 10.1. The zero-order valence-corrected chi connectivity index (χ0v) is 19.2. The third-order valence-corrected chi connectivity index (χ3v) is 6.20. The highest BCUT2D eigenvalue weighted by Crippen LogP contribution is 2.12. The van der Waals surface area contributed by atoms with Crippen LogP contribution in [0.15, 0.2) is 0 Å². The predicted molar refractivity (Wildman–Crippen MR) is 117 cm³/mol. The van der Waals surface area contributed by atoms with Crippen LogP contribution in [0.25, 0.3) is 0 Å². The molecular formula is C22H41N3O6. The van der Waals surface area contributed by atoms with Crippen molar-refractivity contribution in [3.05, 3.63) is 0 Å². The van der Waals surface area contributed by atoms with Crippen molar-refractivity contribution < 1.29 is 29.3 Å². The summed E-state index contributed by atoms with van der Waals surface area (Å²) in [6.07, 6.45) is 2.83. The first-order valence-electron chi connectivity index (χ1n) is 11.6. The third kappa shape index (κ3) is 9.02. The van der Waals surface area contributed by atoms with Crippen molar-refractivity contribution in [2.75, 3.05) is 66.1 Å². The molecule has 9 nitrogen and oxygen atoms in total. The Balaban J connectivity index is 2.00. The topological polar surface area (TPSA) is 103 Å². The number of ether oxygens (including phenoxy) is 2. The van der Waals surface area contributed by atoms with E-state index in [-0.39, 0.29) is 25.0 Å². The van der Waals surface area contributed by atoms with Crippen LogP contribution < -0.4 is 0 Å². The number of carbonyl (C=O) groups excluding carboxylic acids is 2. The van der Waals surface area contributed by atoms with E-state index in [4.69, 9.17) is 9.47 Å². The van der Waals surface area contributed by atoms with Crippen LogP contribution in [0.5, 0.6) is 0 Å². The molecule has 0 aromatic carbocycles. The fourth-order valence-electron chi connectivity index (χ4n) is 4.20. The number of aliphatic hydroxyl groups excluding tert-OH is 2. The molecule has 0 aliphatic carbocycles. The van der Waals surface area contributed by atoms with Crippen molar-refractivity contribution in [3.8, 4) is 0 Å². The molecule has 0 radical (unpaired) electrons. The van der Waals surface area contributed by atoms with Gasteiger partial charge in [0, 0.05) is 53.4 Å². The maximum atomic E-state index is 12.7. The Bertz CT molecular complexity index is 543. The number of aliphatic hydroxyl groups is 2. The van der Waals surface area contributed by atoms with Crippen LogP contribution in [0, 0.1) is 0 Å². The first-order valence-corrected chi connectivity index (χ1v) is 11.6. The molecule has 2 aliphatic heterocycles. The lowest BCUT2D eigenvalue weighted by molar-refractivity contribution is -0.137. The minimum absolute atomic E-state index is 0.0122. The van der Waals surface area contributed by atoms with E-state index in [1.807, 2.05) is 4.90 Å². The summed E-state index contributed by atoms with van der Waals surface area (Å²) in [5, 5.41) is 20.6. The van der Waals surface area contributed by atoms with Crippen LogP contribution in [0.2, 0.25) is 0 Å². The number of hydrogen-bond acceptors (Lipinski definition) is 7. The molecule has 0 spiro atoms. The van der Waals surface area contributed by atoms with Gasteiger partial charge in [-0.25, -0.2) is 0 Å². The van der Waals surface area contributed by atoms with Gasteiger partial charge in [-0.05, 0) is 45.1 Å². The highest BCUT2D eigenvalue weighted by molar-refractivity contribution is 5.78. The van der Waals surface area contributed by atoms with Gasteiger partial charge in [0.2, 0.25) is 11.8 Å².